The molecule has 0 fully saturated rings. The van der Waals surface area contributed by atoms with Crippen LogP contribution in [-0.2, 0) is 26.9 Å². The fraction of sp³-hybridized carbons (Fsp3) is 0.750. The number of ether oxygens (including phenoxy) is 1. The molecule has 0 unspecified atom stereocenters. The molecule has 0 heterocycles. The van der Waals surface area contributed by atoms with Gasteiger partial charge in [0, 0.05) is 26.9 Å². The smallest absolute Gasteiger partial charge is 0.462 e. The van der Waals surface area contributed by atoms with Gasteiger partial charge in [0.2, 0.25) is 0 Å². The summed E-state index contributed by atoms with van der Waals surface area (Å²) in [5, 5.41) is 0. The molecule has 0 saturated heterocycles. The van der Waals surface area contributed by atoms with E-state index in [1.807, 2.05) is 13.1 Å². The maximum absolute atomic E-state index is 11.2. The van der Waals surface area contributed by atoms with Crippen LogP contribution >= 0.6 is 0 Å². The van der Waals surface area contributed by atoms with Crippen LogP contribution in [0.4, 0.5) is 0 Å². The standard InChI is InChI=1S/C12H26O6Si2/c1-11(2)12(13)17-9-8-10-19(6,7)18-20(14-3,15-4)16-5/h1,8-10H2,2-7H3. The Morgan fingerprint density at radius 3 is 2.00 bits per heavy atom. The van der Waals surface area contributed by atoms with Gasteiger partial charge in [0.1, 0.15) is 0 Å². The summed E-state index contributed by atoms with van der Waals surface area (Å²) in [4.78, 5) is 11.2. The first-order valence-corrected chi connectivity index (χ1v) is 11.1. The molecule has 6 nitrogen and oxygen atoms in total. The highest BCUT2D eigenvalue weighted by Gasteiger charge is 2.47. The number of carbonyl (C=O) groups is 1. The molecule has 0 aromatic rings. The Hall–Kier alpha value is -0.516. The van der Waals surface area contributed by atoms with Gasteiger partial charge in [0.05, 0.1) is 6.61 Å². The molecule has 0 rings (SSSR count). The molecule has 0 atom stereocenters. The normalized spacial score (nSPS) is 12.3. The van der Waals surface area contributed by atoms with E-state index in [1.165, 1.54) is 21.3 Å². The molecule has 8 heteroatoms. The van der Waals surface area contributed by atoms with Gasteiger partial charge in [-0.1, -0.05) is 6.58 Å². The molecule has 0 spiro atoms. The number of rotatable bonds is 10. The van der Waals surface area contributed by atoms with E-state index in [0.717, 1.165) is 12.5 Å². The average Bonchev–Trinajstić information content (AvgIpc) is 2.40. The third-order valence-electron chi connectivity index (χ3n) is 2.66. The molecular formula is C12H26O6Si2. The fourth-order valence-electron chi connectivity index (χ4n) is 1.55. The molecular weight excluding hydrogens is 296 g/mol. The Balaban J connectivity index is 4.25. The highest BCUT2D eigenvalue weighted by Crippen LogP contribution is 2.21. The van der Waals surface area contributed by atoms with Crippen LogP contribution in [0, 0.1) is 0 Å². The summed E-state index contributed by atoms with van der Waals surface area (Å²) >= 11 is 0. The molecule has 20 heavy (non-hydrogen) atoms. The first-order valence-electron chi connectivity index (χ1n) is 6.40. The highest BCUT2D eigenvalue weighted by molar-refractivity contribution is 6.78. The van der Waals surface area contributed by atoms with E-state index in [9.17, 15) is 4.79 Å². The summed E-state index contributed by atoms with van der Waals surface area (Å²) in [6.07, 6.45) is 0.722. The molecule has 0 N–H and O–H groups in total. The lowest BCUT2D eigenvalue weighted by molar-refractivity contribution is -0.138. The SMILES string of the molecule is C=C(C)C(=O)OCCC[Si](C)(C)O[Si](OC)(OC)OC. The summed E-state index contributed by atoms with van der Waals surface area (Å²) in [6, 6.07) is 0.807. The van der Waals surface area contributed by atoms with Gasteiger partial charge in [-0.15, -0.1) is 0 Å². The lowest BCUT2D eigenvalue weighted by atomic mass is 10.4. The second-order valence-electron chi connectivity index (χ2n) is 4.99. The van der Waals surface area contributed by atoms with Crippen LogP contribution in [0.1, 0.15) is 13.3 Å². The zero-order chi connectivity index (χ0) is 15.8. The molecule has 0 aliphatic heterocycles. The van der Waals surface area contributed by atoms with Crippen LogP contribution < -0.4 is 0 Å². The Morgan fingerprint density at radius 2 is 1.60 bits per heavy atom. The van der Waals surface area contributed by atoms with E-state index >= 15 is 0 Å². The highest BCUT2D eigenvalue weighted by atomic mass is 28.5. The minimum atomic E-state index is -3.01. The van der Waals surface area contributed by atoms with Crippen LogP contribution in [0.5, 0.6) is 0 Å². The Kier molecular flexibility index (Phi) is 8.48. The van der Waals surface area contributed by atoms with Gasteiger partial charge in [0.15, 0.2) is 8.32 Å². The van der Waals surface area contributed by atoms with Crippen molar-refractivity contribution >= 4 is 23.3 Å². The molecule has 0 radical (unpaired) electrons. The van der Waals surface area contributed by atoms with E-state index in [2.05, 4.69) is 6.58 Å². The van der Waals surface area contributed by atoms with Gasteiger partial charge in [-0.3, -0.25) is 0 Å². The van der Waals surface area contributed by atoms with Crippen LogP contribution in [0.3, 0.4) is 0 Å². The van der Waals surface area contributed by atoms with Crippen molar-refractivity contribution in [3.05, 3.63) is 12.2 Å². The van der Waals surface area contributed by atoms with Crippen LogP contribution in [-0.4, -0.2) is 51.3 Å². The number of esters is 1. The van der Waals surface area contributed by atoms with Crippen molar-refractivity contribution in [2.45, 2.75) is 32.5 Å². The maximum atomic E-state index is 11.2. The largest absolute Gasteiger partial charge is 0.668 e. The summed E-state index contributed by atoms with van der Waals surface area (Å²) in [6.45, 7) is 9.60. The van der Waals surface area contributed by atoms with E-state index in [4.69, 9.17) is 22.1 Å². The van der Waals surface area contributed by atoms with E-state index in [1.54, 1.807) is 6.92 Å². The average molecular weight is 323 g/mol. The lowest BCUT2D eigenvalue weighted by Crippen LogP contribution is -2.54. The second-order valence-corrected chi connectivity index (χ2v) is 12.1. The van der Waals surface area contributed by atoms with E-state index in [0.29, 0.717) is 12.2 Å². The first-order chi connectivity index (χ1) is 9.22. The summed E-state index contributed by atoms with van der Waals surface area (Å²) in [5.41, 5.74) is 0.405. The number of hydrogen-bond acceptors (Lipinski definition) is 6. The van der Waals surface area contributed by atoms with Crippen LogP contribution in [0.15, 0.2) is 12.2 Å². The van der Waals surface area contributed by atoms with Crippen molar-refractivity contribution in [2.75, 3.05) is 27.9 Å². The molecule has 0 aliphatic rings. The van der Waals surface area contributed by atoms with Crippen LogP contribution in [0.25, 0.3) is 0 Å². The van der Waals surface area contributed by atoms with Crippen molar-refractivity contribution in [1.29, 1.82) is 0 Å². The number of carbonyl (C=O) groups excluding carboxylic acids is 1. The lowest BCUT2D eigenvalue weighted by Gasteiger charge is -2.32. The predicted octanol–water partition coefficient (Wildman–Crippen LogP) is 2.09. The van der Waals surface area contributed by atoms with Gasteiger partial charge >= 0.3 is 15.0 Å². The van der Waals surface area contributed by atoms with Gasteiger partial charge in [-0.2, -0.15) is 0 Å². The zero-order valence-corrected chi connectivity index (χ0v) is 15.3. The van der Waals surface area contributed by atoms with E-state index < -0.39 is 17.4 Å². The first kappa shape index (κ1) is 19.5. The Bertz CT molecular complexity index is 320. The van der Waals surface area contributed by atoms with Gasteiger partial charge in [0.25, 0.3) is 0 Å². The number of hydrogen-bond donors (Lipinski definition) is 0. The molecule has 0 aromatic heterocycles. The predicted molar refractivity (Wildman–Crippen MR) is 80.5 cm³/mol. The quantitative estimate of drug-likeness (QED) is 0.266. The van der Waals surface area contributed by atoms with Gasteiger partial charge < -0.3 is 22.1 Å². The van der Waals surface area contributed by atoms with Gasteiger partial charge in [-0.25, -0.2) is 4.79 Å². The molecule has 0 aromatic carbocycles. The molecule has 0 aliphatic carbocycles. The molecule has 118 valence electrons. The monoisotopic (exact) mass is 322 g/mol. The van der Waals surface area contributed by atoms with Crippen molar-refractivity contribution in [3.63, 3.8) is 0 Å². The van der Waals surface area contributed by atoms with Crippen molar-refractivity contribution in [3.8, 4) is 0 Å². The second kappa shape index (κ2) is 8.70. The third kappa shape index (κ3) is 6.77. The zero-order valence-electron chi connectivity index (χ0n) is 13.3. The minimum absolute atomic E-state index is 0.354. The fourth-order valence-corrected chi connectivity index (χ4v) is 7.16. The summed E-state index contributed by atoms with van der Waals surface area (Å²) in [5.74, 6) is -0.361. The summed E-state index contributed by atoms with van der Waals surface area (Å²) in [7, 11) is -0.504. The van der Waals surface area contributed by atoms with Gasteiger partial charge in [-0.05, 0) is 32.5 Å². The van der Waals surface area contributed by atoms with Crippen molar-refractivity contribution < 1.29 is 26.9 Å². The minimum Gasteiger partial charge on any atom is -0.462 e. The van der Waals surface area contributed by atoms with E-state index in [-0.39, 0.29) is 5.97 Å². The summed E-state index contributed by atoms with van der Waals surface area (Å²) < 4.78 is 26.8. The third-order valence-corrected chi connectivity index (χ3v) is 8.92. The van der Waals surface area contributed by atoms with Crippen LogP contribution in [0.2, 0.25) is 19.1 Å². The molecule has 0 bridgehead atoms. The molecule has 0 saturated carbocycles. The topological polar surface area (TPSA) is 63.2 Å². The maximum Gasteiger partial charge on any atom is 0.668 e. The Morgan fingerprint density at radius 1 is 1.10 bits per heavy atom. The van der Waals surface area contributed by atoms with Crippen molar-refractivity contribution in [2.24, 2.45) is 0 Å². The molecule has 0 amide bonds. The Labute approximate surface area is 123 Å². The van der Waals surface area contributed by atoms with Crippen molar-refractivity contribution in [1.82, 2.24) is 0 Å².